The van der Waals surface area contributed by atoms with E-state index >= 15 is 0 Å². The van der Waals surface area contributed by atoms with Gasteiger partial charge in [-0.25, -0.2) is 15.1 Å². The van der Waals surface area contributed by atoms with E-state index in [1.165, 1.54) is 20.0 Å². The van der Waals surface area contributed by atoms with Crippen LogP contribution in [0.15, 0.2) is 12.3 Å². The minimum atomic E-state index is -0.659. The molecule has 0 unspecified atom stereocenters. The largest absolute Gasteiger partial charge is 0.290 e. The highest BCUT2D eigenvalue weighted by atomic mass is 16.7. The summed E-state index contributed by atoms with van der Waals surface area (Å²) in [6.07, 6.45) is 1.00. The lowest BCUT2D eigenvalue weighted by molar-refractivity contribution is -0.490. The second-order valence-corrected chi connectivity index (χ2v) is 2.85. The van der Waals surface area contributed by atoms with Crippen LogP contribution in [0.3, 0.4) is 0 Å². The molecular formula is C7H8N4O4. The number of pyridine rings is 1. The van der Waals surface area contributed by atoms with Crippen molar-refractivity contribution in [3.05, 3.63) is 38.1 Å². The van der Waals surface area contributed by atoms with Gasteiger partial charge in [0.2, 0.25) is 0 Å². The van der Waals surface area contributed by atoms with Crippen molar-refractivity contribution in [3.63, 3.8) is 0 Å². The molecule has 1 aromatic rings. The molecule has 1 heterocycles. The average Bonchev–Trinajstić information content (AvgIpc) is 2.15. The van der Waals surface area contributed by atoms with E-state index < -0.39 is 9.96 Å². The van der Waals surface area contributed by atoms with Gasteiger partial charge in [-0.3, -0.25) is 10.1 Å². The predicted octanol–water partition coefficient (Wildman–Crippen LogP) is 0.926. The molecule has 0 N–H and O–H groups in total. The Balaban J connectivity index is 3.12. The van der Waals surface area contributed by atoms with Gasteiger partial charge < -0.3 is 0 Å². The first-order chi connectivity index (χ1) is 6.93. The zero-order valence-electron chi connectivity index (χ0n) is 8.08. The summed E-state index contributed by atoms with van der Waals surface area (Å²) in [5, 5.41) is 20.9. The van der Waals surface area contributed by atoms with Crippen molar-refractivity contribution in [3.8, 4) is 0 Å². The Morgan fingerprint density at radius 1 is 1.40 bits per heavy atom. The van der Waals surface area contributed by atoms with Gasteiger partial charge in [-0.05, 0) is 13.0 Å². The van der Waals surface area contributed by atoms with Crippen LogP contribution >= 0.6 is 0 Å². The number of hydrogen-bond donors (Lipinski definition) is 0. The summed E-state index contributed by atoms with van der Waals surface area (Å²) < 4.78 is 0. The van der Waals surface area contributed by atoms with Crippen LogP contribution in [-0.2, 0) is 0 Å². The van der Waals surface area contributed by atoms with Gasteiger partial charge in [0.25, 0.3) is 5.69 Å². The number of aromatic nitrogens is 1. The molecule has 80 valence electrons. The molecule has 0 saturated carbocycles. The van der Waals surface area contributed by atoms with Crippen LogP contribution < -0.4 is 5.01 Å². The Kier molecular flexibility index (Phi) is 2.79. The monoisotopic (exact) mass is 212 g/mol. The maximum atomic E-state index is 10.5. The van der Waals surface area contributed by atoms with Gasteiger partial charge in [0.15, 0.2) is 10.9 Å². The molecule has 0 saturated heterocycles. The molecule has 0 aromatic carbocycles. The van der Waals surface area contributed by atoms with E-state index in [1.54, 1.807) is 0 Å². The lowest BCUT2D eigenvalue weighted by Crippen LogP contribution is -2.25. The number of hydrazine groups is 1. The first kappa shape index (κ1) is 10.8. The van der Waals surface area contributed by atoms with E-state index in [0.29, 0.717) is 10.6 Å². The van der Waals surface area contributed by atoms with Gasteiger partial charge in [-0.1, -0.05) is 5.01 Å². The molecular weight excluding hydrogens is 204 g/mol. The highest BCUT2D eigenvalue weighted by Gasteiger charge is 2.17. The summed E-state index contributed by atoms with van der Waals surface area (Å²) >= 11 is 0. The molecule has 0 aliphatic heterocycles. The number of aryl methyl sites for hydroxylation is 1. The average molecular weight is 212 g/mol. The Bertz CT molecular complexity index is 419. The first-order valence-corrected chi connectivity index (χ1v) is 3.92. The summed E-state index contributed by atoms with van der Waals surface area (Å²) in [7, 11) is 1.22. The highest BCUT2D eigenvalue weighted by molar-refractivity contribution is 5.46. The molecule has 8 nitrogen and oxygen atoms in total. The Morgan fingerprint density at radius 2 is 2.00 bits per heavy atom. The quantitative estimate of drug-likeness (QED) is 0.545. The fourth-order valence-electron chi connectivity index (χ4n) is 0.986. The van der Waals surface area contributed by atoms with Crippen LogP contribution in [-0.4, -0.2) is 22.0 Å². The number of hydrogen-bond acceptors (Lipinski definition) is 5. The molecule has 1 aromatic heterocycles. The van der Waals surface area contributed by atoms with Crippen LogP contribution in [0.1, 0.15) is 5.56 Å². The fourth-order valence-corrected chi connectivity index (χ4v) is 0.986. The molecule has 0 atom stereocenters. The number of anilines is 1. The van der Waals surface area contributed by atoms with Crippen molar-refractivity contribution in [1.82, 2.24) is 4.98 Å². The summed E-state index contributed by atoms with van der Waals surface area (Å²) in [5.74, 6) is 0.0584. The molecule has 0 radical (unpaired) electrons. The lowest BCUT2D eigenvalue weighted by atomic mass is 10.2. The highest BCUT2D eigenvalue weighted by Crippen LogP contribution is 2.20. The van der Waals surface area contributed by atoms with E-state index in [4.69, 9.17) is 0 Å². The summed E-state index contributed by atoms with van der Waals surface area (Å²) in [4.78, 5) is 23.9. The van der Waals surface area contributed by atoms with Crippen molar-refractivity contribution >= 4 is 11.5 Å². The second-order valence-electron chi connectivity index (χ2n) is 2.85. The number of rotatable bonds is 3. The van der Waals surface area contributed by atoms with E-state index in [2.05, 4.69) is 4.98 Å². The molecule has 8 heteroatoms. The third-order valence-corrected chi connectivity index (χ3v) is 1.84. The molecule has 0 bridgehead atoms. The fraction of sp³-hybridized carbons (Fsp3) is 0.286. The normalized spacial score (nSPS) is 9.73. The standard InChI is InChI=1S/C7H8N4O4/c1-5-3-7(9(2)11(14)15)8-4-6(5)10(12)13/h3-4H,1-2H3. The summed E-state index contributed by atoms with van der Waals surface area (Å²) in [6.45, 7) is 1.50. The Morgan fingerprint density at radius 3 is 2.40 bits per heavy atom. The van der Waals surface area contributed by atoms with E-state index in [-0.39, 0.29) is 11.5 Å². The SMILES string of the molecule is Cc1cc(N(C)[N+](=O)[O-])ncc1[N+](=O)[O-]. The van der Waals surface area contributed by atoms with Crippen molar-refractivity contribution in [2.24, 2.45) is 0 Å². The minimum absolute atomic E-state index is 0.0584. The predicted molar refractivity (Wildman–Crippen MR) is 51.0 cm³/mol. The summed E-state index contributed by atoms with van der Waals surface area (Å²) in [5.41, 5.74) is 0.175. The molecule has 15 heavy (non-hydrogen) atoms. The third-order valence-electron chi connectivity index (χ3n) is 1.84. The molecule has 0 aliphatic rings. The molecule has 0 amide bonds. The molecule has 1 rings (SSSR count). The second kappa shape index (κ2) is 3.86. The zero-order valence-corrected chi connectivity index (χ0v) is 8.08. The minimum Gasteiger partial charge on any atom is -0.258 e. The van der Waals surface area contributed by atoms with Gasteiger partial charge in [-0.2, -0.15) is 0 Å². The van der Waals surface area contributed by atoms with Crippen molar-refractivity contribution in [2.75, 3.05) is 12.1 Å². The maximum absolute atomic E-state index is 10.5. The van der Waals surface area contributed by atoms with E-state index in [9.17, 15) is 20.2 Å². The smallest absolute Gasteiger partial charge is 0.258 e. The first-order valence-electron chi connectivity index (χ1n) is 3.92. The zero-order chi connectivity index (χ0) is 11.6. The summed E-state index contributed by atoms with van der Waals surface area (Å²) in [6, 6.07) is 1.29. The maximum Gasteiger partial charge on any atom is 0.290 e. The van der Waals surface area contributed by atoms with Gasteiger partial charge >= 0.3 is 0 Å². The van der Waals surface area contributed by atoms with E-state index in [1.807, 2.05) is 0 Å². The number of nitrogens with zero attached hydrogens (tertiary/aromatic N) is 4. The van der Waals surface area contributed by atoms with Crippen molar-refractivity contribution < 1.29 is 9.96 Å². The van der Waals surface area contributed by atoms with Crippen LogP contribution in [0, 0.1) is 27.2 Å². The Hall–Kier alpha value is -2.25. The van der Waals surface area contributed by atoms with Crippen LogP contribution in [0.5, 0.6) is 0 Å². The van der Waals surface area contributed by atoms with Gasteiger partial charge in [0.05, 0.1) is 12.0 Å². The molecule has 0 aliphatic carbocycles. The van der Waals surface area contributed by atoms with Crippen LogP contribution in [0.2, 0.25) is 0 Å². The van der Waals surface area contributed by atoms with Crippen molar-refractivity contribution in [2.45, 2.75) is 6.92 Å². The third kappa shape index (κ3) is 2.16. The van der Waals surface area contributed by atoms with E-state index in [0.717, 1.165) is 6.20 Å². The van der Waals surface area contributed by atoms with Crippen LogP contribution in [0.25, 0.3) is 0 Å². The van der Waals surface area contributed by atoms with Gasteiger partial charge in [0, 0.05) is 5.56 Å². The molecule has 0 spiro atoms. The van der Waals surface area contributed by atoms with Crippen LogP contribution in [0.4, 0.5) is 11.5 Å². The van der Waals surface area contributed by atoms with Crippen molar-refractivity contribution in [1.29, 1.82) is 0 Å². The lowest BCUT2D eigenvalue weighted by Gasteiger charge is -2.07. The van der Waals surface area contributed by atoms with Gasteiger partial charge in [-0.15, -0.1) is 0 Å². The topological polar surface area (TPSA) is 102 Å². The number of nitro groups is 2. The van der Waals surface area contributed by atoms with Gasteiger partial charge in [0.1, 0.15) is 6.20 Å². The molecule has 0 fully saturated rings. The Labute approximate surface area is 84.4 Å².